The minimum Gasteiger partial charge on any atom is -1.00 e. The molecule has 5 amide bonds. The molecule has 1 aromatic rings. The van der Waals surface area contributed by atoms with Gasteiger partial charge < -0.3 is 18.1 Å². The Balaban J connectivity index is -0.00000225. The van der Waals surface area contributed by atoms with Gasteiger partial charge in [0.05, 0.1) is 13.2 Å². The van der Waals surface area contributed by atoms with Crippen LogP contribution in [-0.2, 0) is 24.5 Å². The Morgan fingerprint density at radius 3 is 2.39 bits per heavy atom. The molecular formula is C20H29N3Na2O6. The van der Waals surface area contributed by atoms with E-state index >= 15 is 0 Å². The predicted molar refractivity (Wildman–Crippen MR) is 106 cm³/mol. The van der Waals surface area contributed by atoms with Crippen molar-refractivity contribution in [3.8, 4) is 0 Å². The van der Waals surface area contributed by atoms with Crippen molar-refractivity contribution in [1.29, 1.82) is 0 Å². The molecule has 3 N–H and O–H groups in total. The summed E-state index contributed by atoms with van der Waals surface area (Å²) in [6.07, 6.45) is -0.0994. The molecule has 9 nitrogen and oxygen atoms in total. The van der Waals surface area contributed by atoms with Crippen LogP contribution in [0.25, 0.3) is 0 Å². The van der Waals surface area contributed by atoms with Crippen molar-refractivity contribution in [3.63, 3.8) is 0 Å². The molecule has 162 valence electrons. The van der Waals surface area contributed by atoms with Gasteiger partial charge in [0, 0.05) is 6.61 Å². The Morgan fingerprint density at radius 1 is 1.19 bits per heavy atom. The van der Waals surface area contributed by atoms with Crippen LogP contribution < -0.4 is 70.2 Å². The molecule has 31 heavy (non-hydrogen) atoms. The number of imide groups is 2. The maximum absolute atomic E-state index is 13.3. The molecule has 0 aliphatic carbocycles. The topological polar surface area (TPSA) is 128 Å². The molecule has 0 bridgehead atoms. The van der Waals surface area contributed by atoms with Crippen LogP contribution >= 0.6 is 0 Å². The van der Waals surface area contributed by atoms with E-state index < -0.39 is 35.5 Å². The Morgan fingerprint density at radius 2 is 1.84 bits per heavy atom. The molecule has 2 atom stereocenters. The van der Waals surface area contributed by atoms with Crippen LogP contribution in [0.5, 0.6) is 0 Å². The molecule has 0 aromatic heterocycles. The van der Waals surface area contributed by atoms with Gasteiger partial charge in [-0.1, -0.05) is 50.6 Å². The van der Waals surface area contributed by atoms with Crippen molar-refractivity contribution < 1.29 is 90.6 Å². The molecule has 2 unspecified atom stereocenters. The number of carbonyl (C=O) groups is 4. The van der Waals surface area contributed by atoms with Gasteiger partial charge in [0.1, 0.15) is 6.10 Å². The summed E-state index contributed by atoms with van der Waals surface area (Å²) in [5.74, 6) is -1.35. The van der Waals surface area contributed by atoms with Gasteiger partial charge in [0.2, 0.25) is 5.91 Å². The fourth-order valence-corrected chi connectivity index (χ4v) is 3.30. The van der Waals surface area contributed by atoms with Crippen molar-refractivity contribution >= 4 is 23.9 Å². The maximum atomic E-state index is 13.3. The smallest absolute Gasteiger partial charge is 1.00 e. The summed E-state index contributed by atoms with van der Waals surface area (Å²) in [4.78, 5) is 50.6. The second-order valence-corrected chi connectivity index (χ2v) is 6.79. The van der Waals surface area contributed by atoms with Crippen molar-refractivity contribution in [3.05, 3.63) is 35.9 Å². The van der Waals surface area contributed by atoms with E-state index in [1.54, 1.807) is 37.3 Å². The van der Waals surface area contributed by atoms with Gasteiger partial charge in [0.25, 0.3) is 5.91 Å². The number of urea groups is 1. The molecule has 0 radical (unpaired) electrons. The molecule has 0 spiro atoms. The van der Waals surface area contributed by atoms with Gasteiger partial charge in [-0.05, 0) is 18.4 Å². The predicted octanol–water partition coefficient (Wildman–Crippen LogP) is -4.07. The average Bonchev–Trinajstić information content (AvgIpc) is 2.69. The van der Waals surface area contributed by atoms with Crippen LogP contribution in [0.2, 0.25) is 0 Å². The summed E-state index contributed by atoms with van der Waals surface area (Å²) in [6, 6.07) is 7.67. The number of benzene rings is 1. The quantitative estimate of drug-likeness (QED) is 0.211. The number of nitrogens with two attached hydrogens (primary N) is 1. The first-order chi connectivity index (χ1) is 13.9. The number of nitrogens with zero attached hydrogens (tertiary/aromatic N) is 1. The molecule has 11 heteroatoms. The fourth-order valence-electron chi connectivity index (χ4n) is 3.30. The number of hydrogen-bond donors (Lipinski definition) is 2. The molecule has 1 aliphatic rings. The zero-order valence-electron chi connectivity index (χ0n) is 20.7. The molecule has 0 saturated carbocycles. The second-order valence-electron chi connectivity index (χ2n) is 6.79. The number of carbonyl (C=O) groups excluding carboxylic acids is 4. The van der Waals surface area contributed by atoms with Crippen molar-refractivity contribution in [2.45, 2.75) is 44.6 Å². The fraction of sp³-hybridized carbons (Fsp3) is 0.500. The van der Waals surface area contributed by atoms with Gasteiger partial charge in [-0.3, -0.25) is 19.8 Å². The SMILES string of the molecule is CCCCOCC(CN1C(=O)NC(=O)C(CC)(c2ccccc2)C1=O)OC(N)=O.[H-].[H-].[Na+].[Na+]. The molecular weight excluding hydrogens is 424 g/mol. The van der Waals surface area contributed by atoms with E-state index in [0.29, 0.717) is 12.2 Å². The third-order valence-electron chi connectivity index (χ3n) is 4.88. The van der Waals surface area contributed by atoms with Crippen LogP contribution in [0, 0.1) is 0 Å². The minimum atomic E-state index is -1.55. The third kappa shape index (κ3) is 7.28. The monoisotopic (exact) mass is 453 g/mol. The minimum absolute atomic E-state index is 0. The number of amides is 5. The standard InChI is InChI=1S/C20H27N3O6.2Na.2H/c1-3-5-11-28-13-15(29-18(21)26)12-23-17(25)20(4-2,16(24)22-19(23)27)14-9-7-6-8-10-14;;;;/h6-10,15H,3-5,11-13H2,1-2H3,(H2,21,26)(H,22,24,27);;;;/q;2*+1;2*-1. The molecule has 1 saturated heterocycles. The van der Waals surface area contributed by atoms with E-state index in [1.807, 2.05) is 6.92 Å². The Labute approximate surface area is 229 Å². The normalized spacial score (nSPS) is 19.0. The Hall–Kier alpha value is -0.940. The van der Waals surface area contributed by atoms with E-state index in [1.165, 1.54) is 0 Å². The van der Waals surface area contributed by atoms with E-state index in [-0.39, 0.29) is 81.5 Å². The molecule has 2 rings (SSSR count). The number of rotatable bonds is 10. The average molecular weight is 453 g/mol. The van der Waals surface area contributed by atoms with Gasteiger partial charge in [-0.25, -0.2) is 9.59 Å². The van der Waals surface area contributed by atoms with E-state index in [0.717, 1.165) is 17.7 Å². The van der Waals surface area contributed by atoms with E-state index in [9.17, 15) is 19.2 Å². The largest absolute Gasteiger partial charge is 1.00 e. The summed E-state index contributed by atoms with van der Waals surface area (Å²) < 4.78 is 10.5. The van der Waals surface area contributed by atoms with Gasteiger partial charge >= 0.3 is 71.2 Å². The molecule has 1 heterocycles. The van der Waals surface area contributed by atoms with Crippen LogP contribution in [0.1, 0.15) is 41.5 Å². The van der Waals surface area contributed by atoms with E-state index in [2.05, 4.69) is 5.32 Å². The van der Waals surface area contributed by atoms with Gasteiger partial charge in [-0.15, -0.1) is 0 Å². The van der Waals surface area contributed by atoms with Crippen LogP contribution in [0.4, 0.5) is 9.59 Å². The zero-order valence-corrected chi connectivity index (χ0v) is 22.7. The summed E-state index contributed by atoms with van der Waals surface area (Å²) >= 11 is 0. The number of barbiturate groups is 1. The van der Waals surface area contributed by atoms with Crippen molar-refractivity contribution in [2.75, 3.05) is 19.8 Å². The van der Waals surface area contributed by atoms with Crippen molar-refractivity contribution in [1.82, 2.24) is 10.2 Å². The molecule has 1 aliphatic heterocycles. The first-order valence-electron chi connectivity index (χ1n) is 9.63. The maximum Gasteiger partial charge on any atom is 1.00 e. The summed E-state index contributed by atoms with van der Waals surface area (Å²) in [6.45, 7) is 3.84. The van der Waals surface area contributed by atoms with Gasteiger partial charge in [0.15, 0.2) is 5.41 Å². The van der Waals surface area contributed by atoms with Gasteiger partial charge in [-0.2, -0.15) is 0 Å². The number of nitrogens with one attached hydrogen (secondary N) is 1. The van der Waals surface area contributed by atoms with Crippen LogP contribution in [0.15, 0.2) is 30.3 Å². The Bertz CT molecular complexity index is 775. The number of hydrogen-bond acceptors (Lipinski definition) is 6. The first-order valence-corrected chi connectivity index (χ1v) is 9.63. The summed E-state index contributed by atoms with van der Waals surface area (Å²) in [7, 11) is 0. The Kier molecular flexibility index (Phi) is 13.8. The summed E-state index contributed by atoms with van der Waals surface area (Å²) in [5.41, 5.74) is 4.05. The van der Waals surface area contributed by atoms with E-state index in [4.69, 9.17) is 15.2 Å². The number of primary amides is 1. The summed E-state index contributed by atoms with van der Waals surface area (Å²) in [5, 5.41) is 2.25. The van der Waals surface area contributed by atoms with Crippen molar-refractivity contribution in [2.24, 2.45) is 5.73 Å². The molecule has 1 aromatic carbocycles. The number of unbranched alkanes of at least 4 members (excludes halogenated alkanes) is 1. The van der Waals surface area contributed by atoms with Crippen LogP contribution in [0.3, 0.4) is 0 Å². The van der Waals surface area contributed by atoms with Crippen LogP contribution in [-0.4, -0.2) is 54.7 Å². The second kappa shape index (κ2) is 14.3. The first kappa shape index (κ1) is 30.1. The molecule has 1 fully saturated rings. The zero-order chi connectivity index (χ0) is 21.4. The third-order valence-corrected chi connectivity index (χ3v) is 4.88. The number of ether oxygens (including phenoxy) is 2.